The third kappa shape index (κ3) is 5.14. The second-order valence-electron chi connectivity index (χ2n) is 8.54. The Bertz CT molecular complexity index is 1570. The van der Waals surface area contributed by atoms with Gasteiger partial charge in [0.1, 0.15) is 35.9 Å². The summed E-state index contributed by atoms with van der Waals surface area (Å²) < 4.78 is 22.7. The van der Waals surface area contributed by atoms with Gasteiger partial charge in [0.2, 0.25) is 0 Å². The minimum atomic E-state index is -0.485. The zero-order valence-electron chi connectivity index (χ0n) is 20.8. The summed E-state index contributed by atoms with van der Waals surface area (Å²) in [6.45, 7) is 5.77. The molecule has 0 aliphatic rings. The second-order valence-corrected chi connectivity index (χ2v) is 8.54. The monoisotopic (exact) mass is 493 g/mol. The molecule has 0 spiro atoms. The van der Waals surface area contributed by atoms with Gasteiger partial charge < -0.3 is 23.5 Å². The van der Waals surface area contributed by atoms with Gasteiger partial charge in [0.05, 0.1) is 12.8 Å². The predicted octanol–water partition coefficient (Wildman–Crippen LogP) is 7.48. The zero-order chi connectivity index (χ0) is 25.8. The lowest BCUT2D eigenvalue weighted by Crippen LogP contribution is -2.12. The number of aryl methyl sites for hydroxylation is 1. The average molecular weight is 494 g/mol. The van der Waals surface area contributed by atoms with E-state index in [2.05, 4.69) is 60.9 Å². The van der Waals surface area contributed by atoms with Crippen LogP contribution in [0, 0.1) is 6.92 Å². The van der Waals surface area contributed by atoms with Crippen molar-refractivity contribution in [2.24, 2.45) is 0 Å². The summed E-state index contributed by atoms with van der Waals surface area (Å²) in [6, 6.07) is 28.2. The lowest BCUT2D eigenvalue weighted by molar-refractivity contribution is -0.138. The van der Waals surface area contributed by atoms with Crippen molar-refractivity contribution in [2.45, 2.75) is 6.92 Å². The standard InChI is InChI=1S/C31H27NO5/c1-4-31(33)36-16-15-35-26-18-24(17-25(20-26)34-3)32(22-11-9-21(2)10-12-22)23-13-14-28-27-7-5-6-8-29(27)37-30(28)19-23/h4-14,17-20H,1,15-16H2,2-3H3. The molecule has 0 N–H and O–H groups in total. The molecule has 0 aliphatic carbocycles. The summed E-state index contributed by atoms with van der Waals surface area (Å²) >= 11 is 0. The van der Waals surface area contributed by atoms with Gasteiger partial charge in [0, 0.05) is 52.5 Å². The molecular weight excluding hydrogens is 466 g/mol. The number of furan rings is 1. The summed E-state index contributed by atoms with van der Waals surface area (Å²) in [4.78, 5) is 13.4. The van der Waals surface area contributed by atoms with Crippen LogP contribution in [0.25, 0.3) is 21.9 Å². The third-order valence-corrected chi connectivity index (χ3v) is 6.03. The van der Waals surface area contributed by atoms with Crippen LogP contribution in [0.15, 0.2) is 102 Å². The smallest absolute Gasteiger partial charge is 0.330 e. The molecular formula is C31H27NO5. The number of nitrogens with zero attached hydrogens (tertiary/aromatic N) is 1. The number of benzene rings is 4. The van der Waals surface area contributed by atoms with Gasteiger partial charge in [-0.05, 0) is 37.3 Å². The van der Waals surface area contributed by atoms with Crippen molar-refractivity contribution in [3.8, 4) is 11.5 Å². The number of hydrogen-bond donors (Lipinski definition) is 0. The number of para-hydroxylation sites is 1. The highest BCUT2D eigenvalue weighted by Gasteiger charge is 2.17. The van der Waals surface area contributed by atoms with Crippen molar-refractivity contribution >= 4 is 45.0 Å². The first-order chi connectivity index (χ1) is 18.1. The van der Waals surface area contributed by atoms with E-state index >= 15 is 0 Å². The fourth-order valence-corrected chi connectivity index (χ4v) is 4.24. The van der Waals surface area contributed by atoms with Crippen LogP contribution < -0.4 is 14.4 Å². The second kappa shape index (κ2) is 10.5. The lowest BCUT2D eigenvalue weighted by Gasteiger charge is -2.26. The van der Waals surface area contributed by atoms with Crippen LogP contribution in [0.3, 0.4) is 0 Å². The van der Waals surface area contributed by atoms with Crippen LogP contribution in [0.1, 0.15) is 5.56 Å². The molecule has 0 radical (unpaired) electrons. The highest BCUT2D eigenvalue weighted by atomic mass is 16.6. The SMILES string of the molecule is C=CC(=O)OCCOc1cc(OC)cc(N(c2ccc(C)cc2)c2ccc3c(c2)oc2ccccc23)c1. The van der Waals surface area contributed by atoms with E-state index in [9.17, 15) is 4.79 Å². The molecule has 0 bridgehead atoms. The van der Waals surface area contributed by atoms with E-state index in [1.165, 1.54) is 5.56 Å². The summed E-state index contributed by atoms with van der Waals surface area (Å²) in [6.07, 6.45) is 1.13. The number of fused-ring (bicyclic) bond motifs is 3. The van der Waals surface area contributed by atoms with Crippen LogP contribution >= 0.6 is 0 Å². The normalized spacial score (nSPS) is 10.9. The van der Waals surface area contributed by atoms with Crippen molar-refractivity contribution in [2.75, 3.05) is 25.2 Å². The van der Waals surface area contributed by atoms with Gasteiger partial charge in [-0.1, -0.05) is 42.5 Å². The van der Waals surface area contributed by atoms with Gasteiger partial charge in [-0.15, -0.1) is 0 Å². The van der Waals surface area contributed by atoms with E-state index in [0.717, 1.165) is 45.1 Å². The van der Waals surface area contributed by atoms with Gasteiger partial charge in [-0.2, -0.15) is 0 Å². The molecule has 4 aromatic carbocycles. The van der Waals surface area contributed by atoms with Crippen molar-refractivity contribution in [3.63, 3.8) is 0 Å². The van der Waals surface area contributed by atoms with E-state index < -0.39 is 5.97 Å². The Hall–Kier alpha value is -4.71. The number of anilines is 3. The average Bonchev–Trinajstić information content (AvgIpc) is 3.30. The first-order valence-corrected chi connectivity index (χ1v) is 11.9. The Kier molecular flexibility index (Phi) is 6.81. The van der Waals surface area contributed by atoms with Crippen molar-refractivity contribution in [1.82, 2.24) is 0 Å². The van der Waals surface area contributed by atoms with Crippen LogP contribution in [-0.2, 0) is 9.53 Å². The maximum Gasteiger partial charge on any atom is 0.330 e. The number of rotatable bonds is 9. The molecule has 1 aromatic heterocycles. The van der Waals surface area contributed by atoms with E-state index in [1.54, 1.807) is 13.2 Å². The Morgan fingerprint density at radius 1 is 0.838 bits per heavy atom. The third-order valence-electron chi connectivity index (χ3n) is 6.03. The highest BCUT2D eigenvalue weighted by molar-refractivity contribution is 6.06. The fraction of sp³-hybridized carbons (Fsp3) is 0.129. The number of carbonyl (C=O) groups is 1. The van der Waals surface area contributed by atoms with E-state index in [-0.39, 0.29) is 13.2 Å². The molecule has 6 heteroatoms. The van der Waals surface area contributed by atoms with Crippen molar-refractivity contribution < 1.29 is 23.4 Å². The topological polar surface area (TPSA) is 61.1 Å². The number of methoxy groups -OCH3 is 1. The fourth-order valence-electron chi connectivity index (χ4n) is 4.24. The molecule has 0 saturated heterocycles. The van der Waals surface area contributed by atoms with Crippen molar-refractivity contribution in [3.05, 3.63) is 103 Å². The molecule has 186 valence electrons. The van der Waals surface area contributed by atoms with E-state index in [4.69, 9.17) is 18.6 Å². The first-order valence-electron chi connectivity index (χ1n) is 11.9. The quantitative estimate of drug-likeness (QED) is 0.120. The Morgan fingerprint density at radius 3 is 2.35 bits per heavy atom. The molecule has 1 heterocycles. The van der Waals surface area contributed by atoms with E-state index in [1.807, 2.05) is 36.4 Å². The summed E-state index contributed by atoms with van der Waals surface area (Å²) in [5.74, 6) is 0.741. The van der Waals surface area contributed by atoms with Gasteiger partial charge in [0.15, 0.2) is 0 Å². The molecule has 37 heavy (non-hydrogen) atoms. The minimum absolute atomic E-state index is 0.113. The summed E-state index contributed by atoms with van der Waals surface area (Å²) in [5.41, 5.74) is 5.57. The predicted molar refractivity (Wildman–Crippen MR) is 146 cm³/mol. The molecule has 0 fully saturated rings. The van der Waals surface area contributed by atoms with Gasteiger partial charge in [-0.25, -0.2) is 4.79 Å². The molecule has 5 aromatic rings. The Balaban J connectivity index is 1.56. The number of esters is 1. The van der Waals surface area contributed by atoms with Crippen LogP contribution in [0.4, 0.5) is 17.1 Å². The van der Waals surface area contributed by atoms with Crippen LogP contribution in [-0.4, -0.2) is 26.3 Å². The molecule has 0 aliphatic heterocycles. The lowest BCUT2D eigenvalue weighted by atomic mass is 10.1. The number of carbonyl (C=O) groups excluding carboxylic acids is 1. The minimum Gasteiger partial charge on any atom is -0.497 e. The van der Waals surface area contributed by atoms with E-state index in [0.29, 0.717) is 11.5 Å². The largest absolute Gasteiger partial charge is 0.497 e. The molecule has 6 nitrogen and oxygen atoms in total. The maximum atomic E-state index is 11.3. The molecule has 0 saturated carbocycles. The maximum absolute atomic E-state index is 11.3. The zero-order valence-corrected chi connectivity index (χ0v) is 20.8. The summed E-state index contributed by atoms with van der Waals surface area (Å²) in [7, 11) is 1.62. The van der Waals surface area contributed by atoms with Gasteiger partial charge >= 0.3 is 5.97 Å². The Morgan fingerprint density at radius 2 is 1.57 bits per heavy atom. The first kappa shape index (κ1) is 24.0. The van der Waals surface area contributed by atoms with Gasteiger partial charge in [-0.3, -0.25) is 0 Å². The molecule has 0 atom stereocenters. The van der Waals surface area contributed by atoms with Crippen LogP contribution in [0.5, 0.6) is 11.5 Å². The molecule has 0 amide bonds. The number of hydrogen-bond acceptors (Lipinski definition) is 6. The Labute approximate surface area is 215 Å². The van der Waals surface area contributed by atoms with Gasteiger partial charge in [0.25, 0.3) is 0 Å². The highest BCUT2D eigenvalue weighted by Crippen LogP contribution is 2.41. The molecule has 0 unspecified atom stereocenters. The van der Waals surface area contributed by atoms with Crippen LogP contribution in [0.2, 0.25) is 0 Å². The molecule has 5 rings (SSSR count). The number of ether oxygens (including phenoxy) is 3. The van der Waals surface area contributed by atoms with Crippen molar-refractivity contribution in [1.29, 1.82) is 0 Å². The summed E-state index contributed by atoms with van der Waals surface area (Å²) in [5, 5.41) is 2.15.